The monoisotopic (exact) mass is 413 g/mol. The van der Waals surface area contributed by atoms with Crippen molar-refractivity contribution in [2.45, 2.75) is 46.8 Å². The van der Waals surface area contributed by atoms with Crippen LogP contribution in [-0.2, 0) is 17.9 Å². The van der Waals surface area contributed by atoms with Crippen molar-refractivity contribution >= 4 is 28.9 Å². The van der Waals surface area contributed by atoms with Crippen LogP contribution in [0.25, 0.3) is 11.2 Å². The zero-order chi connectivity index (χ0) is 21.7. The van der Waals surface area contributed by atoms with E-state index < -0.39 is 0 Å². The molecule has 0 amide bonds. The first-order valence-corrected chi connectivity index (χ1v) is 9.91. The minimum absolute atomic E-state index is 0.0317. The van der Waals surface area contributed by atoms with Crippen LogP contribution in [0.4, 0.5) is 11.8 Å². The Morgan fingerprint density at radius 3 is 2.77 bits per heavy atom. The fourth-order valence-corrected chi connectivity index (χ4v) is 2.92. The van der Waals surface area contributed by atoms with Crippen LogP contribution in [0, 0.1) is 5.92 Å². The molecule has 10 heteroatoms. The lowest BCUT2D eigenvalue weighted by atomic mass is 10.1. The Labute approximate surface area is 174 Å². The largest absolute Gasteiger partial charge is 0.427 e. The van der Waals surface area contributed by atoms with Crippen LogP contribution < -0.4 is 15.4 Å². The summed E-state index contributed by atoms with van der Waals surface area (Å²) in [6.45, 7) is 8.37. The van der Waals surface area contributed by atoms with Gasteiger partial charge in [0.1, 0.15) is 5.75 Å². The second-order valence-electron chi connectivity index (χ2n) is 7.25. The van der Waals surface area contributed by atoms with Crippen molar-refractivity contribution in [1.82, 2.24) is 25.0 Å². The quantitative estimate of drug-likeness (QED) is 0.357. The number of nitrogens with zero attached hydrogens (tertiary/aromatic N) is 5. The van der Waals surface area contributed by atoms with Gasteiger partial charge in [0.15, 0.2) is 17.0 Å². The van der Waals surface area contributed by atoms with Crippen molar-refractivity contribution in [3.8, 4) is 5.75 Å². The SMILES string of the molecule is CCn1nnc2c(NCc3cccc(OC(C)=O)c3)nc(N[C@@H](CO)C(C)C)nc21. The summed E-state index contributed by atoms with van der Waals surface area (Å²) in [4.78, 5) is 20.3. The third kappa shape index (κ3) is 5.01. The normalized spacial score (nSPS) is 12.2. The van der Waals surface area contributed by atoms with E-state index in [2.05, 4.69) is 30.9 Å². The van der Waals surface area contributed by atoms with Gasteiger partial charge < -0.3 is 20.5 Å². The topological polar surface area (TPSA) is 127 Å². The summed E-state index contributed by atoms with van der Waals surface area (Å²) >= 11 is 0. The van der Waals surface area contributed by atoms with E-state index >= 15 is 0 Å². The van der Waals surface area contributed by atoms with E-state index in [-0.39, 0.29) is 24.5 Å². The van der Waals surface area contributed by atoms with E-state index in [9.17, 15) is 9.90 Å². The molecule has 3 aromatic rings. The molecule has 0 bridgehead atoms. The van der Waals surface area contributed by atoms with Crippen molar-refractivity contribution in [2.75, 3.05) is 17.2 Å². The summed E-state index contributed by atoms with van der Waals surface area (Å²) < 4.78 is 6.83. The number of aromatic nitrogens is 5. The van der Waals surface area contributed by atoms with Crippen molar-refractivity contribution in [2.24, 2.45) is 5.92 Å². The molecule has 10 nitrogen and oxygen atoms in total. The highest BCUT2D eigenvalue weighted by molar-refractivity contribution is 5.83. The van der Waals surface area contributed by atoms with Crippen molar-refractivity contribution in [3.05, 3.63) is 29.8 Å². The van der Waals surface area contributed by atoms with Gasteiger partial charge in [-0.15, -0.1) is 5.10 Å². The van der Waals surface area contributed by atoms with Crippen LogP contribution in [0.1, 0.15) is 33.3 Å². The van der Waals surface area contributed by atoms with Gasteiger partial charge in [-0.3, -0.25) is 4.79 Å². The van der Waals surface area contributed by atoms with Crippen molar-refractivity contribution in [1.29, 1.82) is 0 Å². The standard InChI is InChI=1S/C20H27N7O3/c1-5-27-19-17(25-26-27)18(23-20(24-19)22-16(11-28)12(2)3)21-10-14-7-6-8-15(9-14)30-13(4)29/h6-9,12,16,28H,5,10-11H2,1-4H3,(H2,21,22,23,24)/t16-/m0/s1. The van der Waals surface area contributed by atoms with E-state index in [0.717, 1.165) is 5.56 Å². The van der Waals surface area contributed by atoms with Gasteiger partial charge in [0.2, 0.25) is 5.95 Å². The molecule has 0 fully saturated rings. The molecule has 0 radical (unpaired) electrons. The van der Waals surface area contributed by atoms with Crippen LogP contribution in [0.2, 0.25) is 0 Å². The molecule has 0 aliphatic carbocycles. The van der Waals surface area contributed by atoms with Crippen LogP contribution in [0.3, 0.4) is 0 Å². The van der Waals surface area contributed by atoms with Gasteiger partial charge in [0.05, 0.1) is 12.6 Å². The maximum absolute atomic E-state index is 11.2. The summed E-state index contributed by atoms with van der Waals surface area (Å²) in [6.07, 6.45) is 0. The molecule has 0 aliphatic heterocycles. The highest BCUT2D eigenvalue weighted by Crippen LogP contribution is 2.22. The molecule has 2 aromatic heterocycles. The van der Waals surface area contributed by atoms with Crippen molar-refractivity contribution < 1.29 is 14.6 Å². The minimum atomic E-state index is -0.367. The second kappa shape index (κ2) is 9.49. The van der Waals surface area contributed by atoms with Gasteiger partial charge in [-0.2, -0.15) is 9.97 Å². The van der Waals surface area contributed by atoms with Gasteiger partial charge in [-0.25, -0.2) is 4.68 Å². The number of aliphatic hydroxyl groups excluding tert-OH is 1. The van der Waals surface area contributed by atoms with E-state index in [0.29, 0.717) is 41.8 Å². The number of carbonyl (C=O) groups excluding carboxylic acids is 1. The fraction of sp³-hybridized carbons (Fsp3) is 0.450. The first-order chi connectivity index (χ1) is 14.4. The highest BCUT2D eigenvalue weighted by atomic mass is 16.5. The second-order valence-corrected chi connectivity index (χ2v) is 7.25. The average Bonchev–Trinajstić information content (AvgIpc) is 3.13. The Hall–Kier alpha value is -3.27. The predicted molar refractivity (Wildman–Crippen MR) is 113 cm³/mol. The number of nitrogens with one attached hydrogen (secondary N) is 2. The van der Waals surface area contributed by atoms with Gasteiger partial charge >= 0.3 is 5.97 Å². The zero-order valence-electron chi connectivity index (χ0n) is 17.6. The molecule has 0 saturated heterocycles. The Bertz CT molecular complexity index is 1020. The number of ether oxygens (including phenoxy) is 1. The molecule has 2 heterocycles. The lowest BCUT2D eigenvalue weighted by molar-refractivity contribution is -0.131. The number of hydrogen-bond donors (Lipinski definition) is 3. The molecule has 160 valence electrons. The summed E-state index contributed by atoms with van der Waals surface area (Å²) in [7, 11) is 0. The average molecular weight is 413 g/mol. The number of fused-ring (bicyclic) bond motifs is 1. The molecule has 3 N–H and O–H groups in total. The summed E-state index contributed by atoms with van der Waals surface area (Å²) in [5.41, 5.74) is 2.07. The van der Waals surface area contributed by atoms with Gasteiger partial charge in [0.25, 0.3) is 0 Å². The number of hydrogen-bond acceptors (Lipinski definition) is 9. The summed E-state index contributed by atoms with van der Waals surface area (Å²) in [5, 5.41) is 24.5. The molecular weight excluding hydrogens is 386 g/mol. The Balaban J connectivity index is 1.88. The number of esters is 1. The van der Waals surface area contributed by atoms with Crippen LogP contribution >= 0.6 is 0 Å². The number of anilines is 2. The first-order valence-electron chi connectivity index (χ1n) is 9.91. The summed E-state index contributed by atoms with van der Waals surface area (Å²) in [5.74, 6) is 1.23. The number of aliphatic hydroxyl groups is 1. The van der Waals surface area contributed by atoms with Crippen molar-refractivity contribution in [3.63, 3.8) is 0 Å². The van der Waals surface area contributed by atoms with E-state index in [1.54, 1.807) is 16.8 Å². The molecule has 1 aromatic carbocycles. The van der Waals surface area contributed by atoms with Crippen LogP contribution in [-0.4, -0.2) is 48.7 Å². The fourth-order valence-electron chi connectivity index (χ4n) is 2.92. The molecule has 0 spiro atoms. The lowest BCUT2D eigenvalue weighted by Crippen LogP contribution is -2.30. The Morgan fingerprint density at radius 2 is 2.10 bits per heavy atom. The molecule has 0 saturated carbocycles. The maximum atomic E-state index is 11.2. The smallest absolute Gasteiger partial charge is 0.308 e. The molecule has 0 aliphatic rings. The molecular formula is C20H27N7O3. The third-order valence-corrected chi connectivity index (χ3v) is 4.60. The van der Waals surface area contributed by atoms with Gasteiger partial charge in [0, 0.05) is 20.0 Å². The van der Waals surface area contributed by atoms with E-state index in [1.807, 2.05) is 32.9 Å². The molecule has 3 rings (SSSR count). The highest BCUT2D eigenvalue weighted by Gasteiger charge is 2.18. The molecule has 0 unspecified atom stereocenters. The lowest BCUT2D eigenvalue weighted by Gasteiger charge is -2.20. The maximum Gasteiger partial charge on any atom is 0.308 e. The predicted octanol–water partition coefficient (Wildman–Crippen LogP) is 2.21. The number of rotatable bonds is 9. The molecule has 1 atom stereocenters. The third-order valence-electron chi connectivity index (χ3n) is 4.60. The van der Waals surface area contributed by atoms with Gasteiger partial charge in [-0.1, -0.05) is 31.2 Å². The van der Waals surface area contributed by atoms with E-state index in [1.165, 1.54) is 6.92 Å². The Morgan fingerprint density at radius 1 is 1.30 bits per heavy atom. The van der Waals surface area contributed by atoms with Crippen LogP contribution in [0.5, 0.6) is 5.75 Å². The number of carbonyl (C=O) groups is 1. The Kier molecular flexibility index (Phi) is 6.78. The first kappa shape index (κ1) is 21.4. The zero-order valence-corrected chi connectivity index (χ0v) is 17.6. The molecule has 30 heavy (non-hydrogen) atoms. The number of aryl methyl sites for hydroxylation is 1. The summed E-state index contributed by atoms with van der Waals surface area (Å²) in [6, 6.07) is 7.07. The van der Waals surface area contributed by atoms with Gasteiger partial charge in [-0.05, 0) is 30.5 Å². The van der Waals surface area contributed by atoms with E-state index in [4.69, 9.17) is 4.74 Å². The number of benzene rings is 1. The minimum Gasteiger partial charge on any atom is -0.427 e. The van der Waals surface area contributed by atoms with Crippen LogP contribution in [0.15, 0.2) is 24.3 Å².